The van der Waals surface area contributed by atoms with Crippen LogP contribution in [-0.2, 0) is 6.42 Å². The molecule has 0 unspecified atom stereocenters. The summed E-state index contributed by atoms with van der Waals surface area (Å²) in [5.41, 5.74) is 4.16. The first kappa shape index (κ1) is 8.35. The zero-order chi connectivity index (χ0) is 10.3. The first-order chi connectivity index (χ1) is 7.34. The zero-order valence-electron chi connectivity index (χ0n) is 8.38. The maximum absolute atomic E-state index is 4.45. The summed E-state index contributed by atoms with van der Waals surface area (Å²) in [6, 6.07) is 5.86. The normalized spacial score (nSPS) is 13.8. The quantitative estimate of drug-likeness (QED) is 0.695. The summed E-state index contributed by atoms with van der Waals surface area (Å²) in [7, 11) is 0. The second kappa shape index (κ2) is 3.02. The fourth-order valence-electron chi connectivity index (χ4n) is 1.75. The van der Waals surface area contributed by atoms with E-state index in [-0.39, 0.29) is 0 Å². The highest BCUT2D eigenvalue weighted by molar-refractivity contribution is 6.01. The Labute approximate surface area is 87.3 Å². The van der Waals surface area contributed by atoms with Gasteiger partial charge in [-0.3, -0.25) is 4.98 Å². The van der Waals surface area contributed by atoms with Crippen LogP contribution in [0.3, 0.4) is 0 Å². The predicted octanol–water partition coefficient (Wildman–Crippen LogP) is 1.40. The van der Waals surface area contributed by atoms with Crippen LogP contribution >= 0.6 is 0 Å². The number of rotatable bonds is 1. The SMILES string of the molecule is Cc1ncn2c1CC(c1ccccn1)=N2. The van der Waals surface area contributed by atoms with Gasteiger partial charge in [-0.15, -0.1) is 0 Å². The van der Waals surface area contributed by atoms with E-state index in [1.54, 1.807) is 12.5 Å². The summed E-state index contributed by atoms with van der Waals surface area (Å²) < 4.78 is 1.83. The van der Waals surface area contributed by atoms with Crippen LogP contribution < -0.4 is 0 Å². The maximum atomic E-state index is 4.45. The Morgan fingerprint density at radius 1 is 1.27 bits per heavy atom. The molecule has 1 aliphatic heterocycles. The number of pyridine rings is 1. The van der Waals surface area contributed by atoms with E-state index in [1.165, 1.54) is 0 Å². The van der Waals surface area contributed by atoms with E-state index in [0.717, 1.165) is 29.2 Å². The Hall–Kier alpha value is -1.97. The molecule has 0 saturated heterocycles. The number of hydrogen-bond acceptors (Lipinski definition) is 3. The first-order valence-electron chi connectivity index (χ1n) is 4.86. The highest BCUT2D eigenvalue weighted by atomic mass is 15.4. The molecule has 0 radical (unpaired) electrons. The summed E-state index contributed by atoms with van der Waals surface area (Å²) in [4.78, 5) is 8.49. The fourth-order valence-corrected chi connectivity index (χ4v) is 1.75. The van der Waals surface area contributed by atoms with E-state index in [9.17, 15) is 0 Å². The standard InChI is InChI=1S/C11H10N4/c1-8-11-6-10(14-15(11)7-13-8)9-4-2-3-5-12-9/h2-5,7H,6H2,1H3. The molecular formula is C11H10N4. The van der Waals surface area contributed by atoms with Crippen molar-refractivity contribution in [3.8, 4) is 0 Å². The maximum Gasteiger partial charge on any atom is 0.117 e. The van der Waals surface area contributed by atoms with Crippen LogP contribution in [0.1, 0.15) is 17.1 Å². The minimum absolute atomic E-state index is 0.822. The summed E-state index contributed by atoms with van der Waals surface area (Å²) >= 11 is 0. The Morgan fingerprint density at radius 2 is 2.20 bits per heavy atom. The molecule has 4 heteroatoms. The third-order valence-electron chi connectivity index (χ3n) is 2.58. The van der Waals surface area contributed by atoms with Gasteiger partial charge in [0.15, 0.2) is 0 Å². The Kier molecular flexibility index (Phi) is 1.68. The van der Waals surface area contributed by atoms with Crippen LogP contribution in [0.5, 0.6) is 0 Å². The molecule has 2 aromatic heterocycles. The molecule has 0 bridgehead atoms. The molecule has 0 atom stereocenters. The van der Waals surface area contributed by atoms with Crippen LogP contribution in [0.15, 0.2) is 35.8 Å². The van der Waals surface area contributed by atoms with Crippen molar-refractivity contribution in [3.05, 3.63) is 47.8 Å². The van der Waals surface area contributed by atoms with Crippen molar-refractivity contribution >= 4 is 5.71 Å². The van der Waals surface area contributed by atoms with E-state index >= 15 is 0 Å². The van der Waals surface area contributed by atoms with Gasteiger partial charge in [0, 0.05) is 12.6 Å². The van der Waals surface area contributed by atoms with Crippen molar-refractivity contribution in [2.24, 2.45) is 5.10 Å². The second-order valence-electron chi connectivity index (χ2n) is 3.56. The number of hydrogen-bond donors (Lipinski definition) is 0. The van der Waals surface area contributed by atoms with Gasteiger partial charge in [-0.1, -0.05) is 6.07 Å². The van der Waals surface area contributed by atoms with E-state index in [4.69, 9.17) is 0 Å². The lowest BCUT2D eigenvalue weighted by Crippen LogP contribution is -2.03. The number of aromatic nitrogens is 3. The third kappa shape index (κ3) is 1.26. The smallest absolute Gasteiger partial charge is 0.117 e. The lowest BCUT2D eigenvalue weighted by atomic mass is 10.1. The number of aryl methyl sites for hydroxylation is 1. The second-order valence-corrected chi connectivity index (χ2v) is 3.56. The predicted molar refractivity (Wildman–Crippen MR) is 56.8 cm³/mol. The average molecular weight is 198 g/mol. The van der Waals surface area contributed by atoms with Crippen molar-refractivity contribution in [1.82, 2.24) is 14.6 Å². The molecule has 0 fully saturated rings. The molecular weight excluding hydrogens is 188 g/mol. The fraction of sp³-hybridized carbons (Fsp3) is 0.182. The summed E-state index contributed by atoms with van der Waals surface area (Å²) in [6.07, 6.45) is 4.36. The number of fused-ring (bicyclic) bond motifs is 1. The molecule has 2 aromatic rings. The van der Waals surface area contributed by atoms with Crippen molar-refractivity contribution < 1.29 is 0 Å². The molecule has 0 aromatic carbocycles. The first-order valence-corrected chi connectivity index (χ1v) is 4.86. The summed E-state index contributed by atoms with van der Waals surface area (Å²) in [6.45, 7) is 2.00. The van der Waals surface area contributed by atoms with E-state index in [1.807, 2.05) is 29.8 Å². The molecule has 0 saturated carbocycles. The monoisotopic (exact) mass is 198 g/mol. The summed E-state index contributed by atoms with van der Waals surface area (Å²) in [5.74, 6) is 0. The molecule has 0 amide bonds. The van der Waals surface area contributed by atoms with Crippen LogP contribution in [-0.4, -0.2) is 20.4 Å². The number of imidazole rings is 1. The van der Waals surface area contributed by atoms with Gasteiger partial charge in [0.25, 0.3) is 0 Å². The van der Waals surface area contributed by atoms with Gasteiger partial charge >= 0.3 is 0 Å². The largest absolute Gasteiger partial charge is 0.255 e. The molecule has 4 nitrogen and oxygen atoms in total. The van der Waals surface area contributed by atoms with Gasteiger partial charge in [0.2, 0.25) is 0 Å². The average Bonchev–Trinajstić information content (AvgIpc) is 2.83. The van der Waals surface area contributed by atoms with E-state index in [2.05, 4.69) is 15.1 Å². The molecule has 3 heterocycles. The van der Waals surface area contributed by atoms with E-state index in [0.29, 0.717) is 0 Å². The highest BCUT2D eigenvalue weighted by Gasteiger charge is 2.19. The highest BCUT2D eigenvalue weighted by Crippen LogP contribution is 2.17. The minimum atomic E-state index is 0.822. The molecule has 15 heavy (non-hydrogen) atoms. The Bertz CT molecular complexity index is 525. The number of nitrogens with zero attached hydrogens (tertiary/aromatic N) is 4. The molecule has 0 aliphatic carbocycles. The third-order valence-corrected chi connectivity index (χ3v) is 2.58. The summed E-state index contributed by atoms with van der Waals surface area (Å²) in [5, 5.41) is 4.45. The minimum Gasteiger partial charge on any atom is -0.255 e. The van der Waals surface area contributed by atoms with Gasteiger partial charge < -0.3 is 0 Å². The van der Waals surface area contributed by atoms with Crippen molar-refractivity contribution in [1.29, 1.82) is 0 Å². The van der Waals surface area contributed by atoms with Crippen LogP contribution in [0.4, 0.5) is 0 Å². The topological polar surface area (TPSA) is 43.1 Å². The zero-order valence-corrected chi connectivity index (χ0v) is 8.38. The Balaban J connectivity index is 2.01. The van der Waals surface area contributed by atoms with Crippen LogP contribution in [0.2, 0.25) is 0 Å². The van der Waals surface area contributed by atoms with Crippen LogP contribution in [0, 0.1) is 6.92 Å². The van der Waals surface area contributed by atoms with Gasteiger partial charge in [-0.25, -0.2) is 9.66 Å². The van der Waals surface area contributed by atoms with Gasteiger partial charge in [-0.2, -0.15) is 5.10 Å². The lowest BCUT2D eigenvalue weighted by molar-refractivity contribution is 0.869. The van der Waals surface area contributed by atoms with Gasteiger partial charge in [0.1, 0.15) is 6.33 Å². The van der Waals surface area contributed by atoms with Crippen molar-refractivity contribution in [2.45, 2.75) is 13.3 Å². The molecule has 0 N–H and O–H groups in total. The molecule has 0 spiro atoms. The molecule has 74 valence electrons. The molecule has 1 aliphatic rings. The Morgan fingerprint density at radius 3 is 2.93 bits per heavy atom. The van der Waals surface area contributed by atoms with Gasteiger partial charge in [-0.05, 0) is 19.1 Å². The van der Waals surface area contributed by atoms with Crippen molar-refractivity contribution in [2.75, 3.05) is 0 Å². The van der Waals surface area contributed by atoms with E-state index < -0.39 is 0 Å². The lowest BCUT2D eigenvalue weighted by Gasteiger charge is -1.96. The van der Waals surface area contributed by atoms with Crippen LogP contribution in [0.25, 0.3) is 0 Å². The molecule has 3 rings (SSSR count). The van der Waals surface area contributed by atoms with Gasteiger partial charge in [0.05, 0.1) is 22.8 Å². The van der Waals surface area contributed by atoms with Crippen molar-refractivity contribution in [3.63, 3.8) is 0 Å².